The summed E-state index contributed by atoms with van der Waals surface area (Å²) in [6.07, 6.45) is 1.49. The van der Waals surface area contributed by atoms with E-state index in [1.807, 2.05) is 25.1 Å². The minimum Gasteiger partial charge on any atom is -0.480 e. The number of halogens is 1. The number of hydrogen-bond acceptors (Lipinski definition) is 5. The molecule has 0 bridgehead atoms. The van der Waals surface area contributed by atoms with Gasteiger partial charge in [-0.3, -0.25) is 0 Å². The Labute approximate surface area is 127 Å². The Morgan fingerprint density at radius 2 is 2.05 bits per heavy atom. The zero-order valence-electron chi connectivity index (χ0n) is 12.3. The number of anilines is 1. The van der Waals surface area contributed by atoms with Crippen LogP contribution in [0, 0.1) is 6.08 Å². The van der Waals surface area contributed by atoms with E-state index in [0.29, 0.717) is 17.2 Å². The lowest BCUT2D eigenvalue weighted by Gasteiger charge is -2.11. The van der Waals surface area contributed by atoms with Gasteiger partial charge in [0.05, 0.1) is 12.6 Å². The molecule has 0 fully saturated rings. The number of pyridine rings is 1. The normalized spacial score (nSPS) is 10.9. The van der Waals surface area contributed by atoms with Gasteiger partial charge < -0.3 is 10.5 Å². The fraction of sp³-hybridized carbons (Fsp3) is 0.188. The summed E-state index contributed by atoms with van der Waals surface area (Å²) in [6, 6.07) is 7.43. The predicted molar refractivity (Wildman–Crippen MR) is 83.1 cm³/mol. The molecule has 0 saturated heterocycles. The first-order valence-corrected chi connectivity index (χ1v) is 6.88. The first-order chi connectivity index (χ1) is 10.6. The molecule has 0 aliphatic rings. The molecule has 0 aliphatic heterocycles. The van der Waals surface area contributed by atoms with Crippen molar-refractivity contribution in [2.45, 2.75) is 13.3 Å². The van der Waals surface area contributed by atoms with Crippen molar-refractivity contribution in [3.8, 4) is 17.0 Å². The lowest BCUT2D eigenvalue weighted by molar-refractivity contribution is 0.400. The molecule has 0 unspecified atom stereocenters. The van der Waals surface area contributed by atoms with Crippen LogP contribution in [0.15, 0.2) is 30.5 Å². The molecule has 1 aromatic carbocycles. The number of benzene rings is 1. The number of aromatic nitrogens is 3. The van der Waals surface area contributed by atoms with E-state index >= 15 is 0 Å². The van der Waals surface area contributed by atoms with Gasteiger partial charge in [0.2, 0.25) is 5.88 Å². The van der Waals surface area contributed by atoms with Gasteiger partial charge in [-0.05, 0) is 41.8 Å². The summed E-state index contributed by atoms with van der Waals surface area (Å²) in [5.41, 5.74) is 8.98. The average Bonchev–Trinajstić information content (AvgIpc) is 2.53. The van der Waals surface area contributed by atoms with Gasteiger partial charge >= 0.3 is 6.08 Å². The number of fused-ring (bicyclic) bond motifs is 1. The van der Waals surface area contributed by atoms with E-state index in [2.05, 4.69) is 15.0 Å². The molecule has 0 aliphatic carbocycles. The van der Waals surface area contributed by atoms with Crippen molar-refractivity contribution < 1.29 is 9.13 Å². The van der Waals surface area contributed by atoms with E-state index in [1.54, 1.807) is 13.2 Å². The third-order valence-corrected chi connectivity index (χ3v) is 3.50. The molecule has 2 N–H and O–H groups in total. The molecule has 2 aromatic heterocycles. The molecule has 0 atom stereocenters. The average molecular weight is 298 g/mol. The minimum atomic E-state index is -0.721. The van der Waals surface area contributed by atoms with Gasteiger partial charge in [0.15, 0.2) is 0 Å². The van der Waals surface area contributed by atoms with Crippen LogP contribution in [0.1, 0.15) is 12.5 Å². The molecule has 3 aromatic rings. The molecular formula is C16H15FN4O. The van der Waals surface area contributed by atoms with E-state index in [-0.39, 0.29) is 0 Å². The zero-order valence-corrected chi connectivity index (χ0v) is 12.3. The lowest BCUT2D eigenvalue weighted by atomic mass is 9.99. The lowest BCUT2D eigenvalue weighted by Crippen LogP contribution is -1.98. The SMILES string of the molecule is CCc1cc(-c2ccc(N)nc2OC)cc2cnc(F)nc12. The Morgan fingerprint density at radius 1 is 1.23 bits per heavy atom. The largest absolute Gasteiger partial charge is 0.480 e. The van der Waals surface area contributed by atoms with Crippen LogP contribution in [0.3, 0.4) is 0 Å². The van der Waals surface area contributed by atoms with Gasteiger partial charge in [-0.25, -0.2) is 9.97 Å². The Kier molecular flexibility index (Phi) is 3.58. The zero-order chi connectivity index (χ0) is 15.7. The first-order valence-electron chi connectivity index (χ1n) is 6.88. The van der Waals surface area contributed by atoms with Crippen LogP contribution in [0.25, 0.3) is 22.0 Å². The van der Waals surface area contributed by atoms with Crippen molar-refractivity contribution in [1.82, 2.24) is 15.0 Å². The summed E-state index contributed by atoms with van der Waals surface area (Å²) in [7, 11) is 1.55. The molecular weight excluding hydrogens is 283 g/mol. The molecule has 0 radical (unpaired) electrons. The summed E-state index contributed by atoms with van der Waals surface area (Å²) in [5.74, 6) is 0.840. The highest BCUT2D eigenvalue weighted by atomic mass is 19.1. The number of nitrogens with two attached hydrogens (primary N) is 1. The molecule has 22 heavy (non-hydrogen) atoms. The van der Waals surface area contributed by atoms with E-state index in [1.165, 1.54) is 6.20 Å². The van der Waals surface area contributed by atoms with Gasteiger partial charge in [0, 0.05) is 17.1 Å². The number of ether oxygens (including phenoxy) is 1. The van der Waals surface area contributed by atoms with Gasteiger partial charge in [-0.2, -0.15) is 9.37 Å². The maximum atomic E-state index is 13.3. The van der Waals surface area contributed by atoms with Crippen LogP contribution >= 0.6 is 0 Å². The second kappa shape index (κ2) is 5.55. The molecule has 3 rings (SSSR count). The summed E-state index contributed by atoms with van der Waals surface area (Å²) < 4.78 is 18.6. The van der Waals surface area contributed by atoms with E-state index in [4.69, 9.17) is 10.5 Å². The summed E-state index contributed by atoms with van der Waals surface area (Å²) in [4.78, 5) is 11.7. The quantitative estimate of drug-likeness (QED) is 0.752. The molecule has 0 amide bonds. The summed E-state index contributed by atoms with van der Waals surface area (Å²) >= 11 is 0. The maximum absolute atomic E-state index is 13.3. The second-order valence-corrected chi connectivity index (χ2v) is 4.86. The topological polar surface area (TPSA) is 73.9 Å². The molecule has 0 saturated carbocycles. The van der Waals surface area contributed by atoms with Crippen molar-refractivity contribution in [2.75, 3.05) is 12.8 Å². The van der Waals surface area contributed by atoms with Gasteiger partial charge in [-0.1, -0.05) is 6.92 Å². The summed E-state index contributed by atoms with van der Waals surface area (Å²) in [5, 5.41) is 0.773. The van der Waals surface area contributed by atoms with Crippen LogP contribution in [0.5, 0.6) is 5.88 Å². The molecule has 0 spiro atoms. The van der Waals surface area contributed by atoms with Gasteiger partial charge in [0.25, 0.3) is 0 Å². The van der Waals surface area contributed by atoms with Gasteiger partial charge in [0.1, 0.15) is 5.82 Å². The second-order valence-electron chi connectivity index (χ2n) is 4.86. The van der Waals surface area contributed by atoms with E-state index < -0.39 is 6.08 Å². The van der Waals surface area contributed by atoms with Crippen LogP contribution in [-0.4, -0.2) is 22.1 Å². The molecule has 5 nitrogen and oxygen atoms in total. The number of nitrogens with zero attached hydrogens (tertiary/aromatic N) is 3. The van der Waals surface area contributed by atoms with Crippen molar-refractivity contribution >= 4 is 16.7 Å². The first kappa shape index (κ1) is 14.2. The highest BCUT2D eigenvalue weighted by Crippen LogP contribution is 2.32. The highest BCUT2D eigenvalue weighted by molar-refractivity contribution is 5.87. The van der Waals surface area contributed by atoms with E-state index in [9.17, 15) is 4.39 Å². The predicted octanol–water partition coefficient (Wildman–Crippen LogP) is 2.98. The third-order valence-electron chi connectivity index (χ3n) is 3.50. The number of nitrogen functional groups attached to an aromatic ring is 1. The monoisotopic (exact) mass is 298 g/mol. The smallest absolute Gasteiger partial charge is 0.309 e. The number of hydrogen-bond donors (Lipinski definition) is 1. The Bertz CT molecular complexity index is 851. The van der Waals surface area contributed by atoms with Crippen molar-refractivity contribution in [2.24, 2.45) is 0 Å². The number of rotatable bonds is 3. The minimum absolute atomic E-state index is 0.391. The third kappa shape index (κ3) is 2.43. The van der Waals surface area contributed by atoms with E-state index in [0.717, 1.165) is 28.5 Å². The number of aryl methyl sites for hydroxylation is 1. The number of methoxy groups -OCH3 is 1. The standard InChI is InChI=1S/C16H15FN4O/c1-3-9-6-10(7-11-8-19-16(17)21-14(9)11)12-4-5-13(18)20-15(12)22-2/h4-8H,3H2,1-2H3,(H2,18,20). The van der Waals surface area contributed by atoms with Crippen LogP contribution in [0.2, 0.25) is 0 Å². The maximum Gasteiger partial charge on any atom is 0.309 e. The highest BCUT2D eigenvalue weighted by Gasteiger charge is 2.12. The van der Waals surface area contributed by atoms with Crippen LogP contribution in [-0.2, 0) is 6.42 Å². The van der Waals surface area contributed by atoms with Crippen LogP contribution in [0.4, 0.5) is 10.2 Å². The van der Waals surface area contributed by atoms with Crippen LogP contribution < -0.4 is 10.5 Å². The fourth-order valence-electron chi connectivity index (χ4n) is 2.45. The fourth-order valence-corrected chi connectivity index (χ4v) is 2.45. The van der Waals surface area contributed by atoms with Crippen molar-refractivity contribution in [1.29, 1.82) is 0 Å². The Balaban J connectivity index is 2.26. The Morgan fingerprint density at radius 3 is 2.77 bits per heavy atom. The summed E-state index contributed by atoms with van der Waals surface area (Å²) in [6.45, 7) is 2.00. The van der Waals surface area contributed by atoms with Crippen molar-refractivity contribution in [3.05, 3.63) is 42.1 Å². The van der Waals surface area contributed by atoms with Gasteiger partial charge in [-0.15, -0.1) is 0 Å². The molecule has 2 heterocycles. The molecule has 112 valence electrons. The van der Waals surface area contributed by atoms with Crippen molar-refractivity contribution in [3.63, 3.8) is 0 Å². The Hall–Kier alpha value is -2.76. The molecule has 6 heteroatoms.